The summed E-state index contributed by atoms with van der Waals surface area (Å²) in [6.07, 6.45) is 0. The third-order valence-corrected chi connectivity index (χ3v) is 3.02. The second kappa shape index (κ2) is 6.00. The van der Waals surface area contributed by atoms with Gasteiger partial charge in [0.05, 0.1) is 9.85 Å². The van der Waals surface area contributed by atoms with Crippen LogP contribution in [0.15, 0.2) is 42.5 Å². The van der Waals surface area contributed by atoms with Gasteiger partial charge in [0, 0.05) is 36.0 Å². The van der Waals surface area contributed by atoms with Gasteiger partial charge in [-0.15, -0.1) is 0 Å². The van der Waals surface area contributed by atoms with Crippen molar-refractivity contribution in [2.45, 2.75) is 13.5 Å². The molecule has 0 atom stereocenters. The van der Waals surface area contributed by atoms with Crippen molar-refractivity contribution < 1.29 is 9.85 Å². The van der Waals surface area contributed by atoms with Gasteiger partial charge in [0.2, 0.25) is 0 Å². The zero-order valence-electron chi connectivity index (χ0n) is 11.3. The average molecular weight is 287 g/mol. The lowest BCUT2D eigenvalue weighted by Crippen LogP contribution is -2.01. The molecule has 0 saturated carbocycles. The lowest BCUT2D eigenvalue weighted by Gasteiger charge is -2.07. The molecule has 7 nitrogen and oxygen atoms in total. The molecule has 0 aromatic heterocycles. The first-order valence-electron chi connectivity index (χ1n) is 6.19. The Bertz CT molecular complexity index is 700. The number of rotatable bonds is 5. The molecule has 0 aliphatic heterocycles. The molecule has 7 heteroatoms. The third-order valence-electron chi connectivity index (χ3n) is 3.02. The van der Waals surface area contributed by atoms with Gasteiger partial charge in [-0.1, -0.05) is 18.2 Å². The maximum absolute atomic E-state index is 10.9. The zero-order chi connectivity index (χ0) is 15.4. The van der Waals surface area contributed by atoms with Gasteiger partial charge in [-0.25, -0.2) is 0 Å². The summed E-state index contributed by atoms with van der Waals surface area (Å²) in [6, 6.07) is 11.1. The fourth-order valence-electron chi connectivity index (χ4n) is 1.90. The number of non-ortho nitro benzene ring substituents is 1. The molecule has 21 heavy (non-hydrogen) atoms. The van der Waals surface area contributed by atoms with Crippen LogP contribution < -0.4 is 5.32 Å². The summed E-state index contributed by atoms with van der Waals surface area (Å²) in [5, 5.41) is 24.6. The predicted molar refractivity (Wildman–Crippen MR) is 78.3 cm³/mol. The molecule has 1 N–H and O–H groups in total. The van der Waals surface area contributed by atoms with Crippen LogP contribution in [0.2, 0.25) is 0 Å². The zero-order valence-corrected chi connectivity index (χ0v) is 11.3. The molecule has 2 rings (SSSR count). The summed E-state index contributed by atoms with van der Waals surface area (Å²) >= 11 is 0. The van der Waals surface area contributed by atoms with Crippen molar-refractivity contribution in [2.24, 2.45) is 0 Å². The molecule has 0 spiro atoms. The third kappa shape index (κ3) is 3.53. The van der Waals surface area contributed by atoms with E-state index in [1.165, 1.54) is 18.2 Å². The maximum Gasteiger partial charge on any atom is 0.272 e. The van der Waals surface area contributed by atoms with Crippen molar-refractivity contribution in [3.63, 3.8) is 0 Å². The van der Waals surface area contributed by atoms with Crippen LogP contribution >= 0.6 is 0 Å². The Morgan fingerprint density at radius 3 is 2.48 bits per heavy atom. The van der Waals surface area contributed by atoms with Gasteiger partial charge < -0.3 is 5.32 Å². The highest BCUT2D eigenvalue weighted by Gasteiger charge is 2.11. The van der Waals surface area contributed by atoms with Crippen molar-refractivity contribution >= 4 is 17.1 Å². The second-order valence-corrected chi connectivity index (χ2v) is 4.54. The van der Waals surface area contributed by atoms with Crippen molar-refractivity contribution in [3.8, 4) is 0 Å². The standard InChI is InChI=1S/C14H13N3O4/c1-10-5-6-11(7-14(10)17(20)21)9-15-12-3-2-4-13(8-12)16(18)19/h2-8,15H,9H2,1H3. The highest BCUT2D eigenvalue weighted by atomic mass is 16.6. The Labute approximate surface area is 120 Å². The van der Waals surface area contributed by atoms with Gasteiger partial charge in [-0.3, -0.25) is 20.2 Å². The number of benzene rings is 2. The van der Waals surface area contributed by atoms with Crippen molar-refractivity contribution in [1.29, 1.82) is 0 Å². The normalized spacial score (nSPS) is 10.1. The minimum atomic E-state index is -0.470. The Balaban J connectivity index is 2.13. The number of nitro benzene ring substituents is 2. The number of anilines is 1. The van der Waals surface area contributed by atoms with Crippen molar-refractivity contribution in [2.75, 3.05) is 5.32 Å². The minimum absolute atomic E-state index is 0.00473. The van der Waals surface area contributed by atoms with E-state index in [1.54, 1.807) is 31.2 Å². The summed E-state index contributed by atoms with van der Waals surface area (Å²) in [5.41, 5.74) is 1.98. The van der Waals surface area contributed by atoms with Gasteiger partial charge in [0.25, 0.3) is 11.4 Å². The Morgan fingerprint density at radius 2 is 1.81 bits per heavy atom. The fourth-order valence-corrected chi connectivity index (χ4v) is 1.90. The number of aryl methyl sites for hydroxylation is 1. The second-order valence-electron chi connectivity index (χ2n) is 4.54. The molecule has 0 unspecified atom stereocenters. The van der Waals surface area contributed by atoms with E-state index in [-0.39, 0.29) is 11.4 Å². The monoisotopic (exact) mass is 287 g/mol. The Kier molecular flexibility index (Phi) is 4.13. The Morgan fingerprint density at radius 1 is 1.05 bits per heavy atom. The van der Waals surface area contributed by atoms with Gasteiger partial charge in [0.1, 0.15) is 0 Å². The van der Waals surface area contributed by atoms with Crippen LogP contribution in [-0.2, 0) is 6.54 Å². The van der Waals surface area contributed by atoms with Gasteiger partial charge in [-0.2, -0.15) is 0 Å². The summed E-state index contributed by atoms with van der Waals surface area (Å²) < 4.78 is 0. The molecule has 0 aliphatic rings. The largest absolute Gasteiger partial charge is 0.381 e. The number of hydrogen-bond acceptors (Lipinski definition) is 5. The molecule has 0 bridgehead atoms. The molecule has 108 valence electrons. The minimum Gasteiger partial charge on any atom is -0.381 e. The molecular weight excluding hydrogens is 274 g/mol. The SMILES string of the molecule is Cc1ccc(CNc2cccc([N+](=O)[O-])c2)cc1[N+](=O)[O-]. The van der Waals surface area contributed by atoms with Crippen LogP contribution in [0.4, 0.5) is 17.1 Å². The molecular formula is C14H13N3O4. The lowest BCUT2D eigenvalue weighted by molar-refractivity contribution is -0.385. The summed E-state index contributed by atoms with van der Waals surface area (Å²) in [4.78, 5) is 20.7. The fraction of sp³-hybridized carbons (Fsp3) is 0.143. The van der Waals surface area contributed by atoms with Gasteiger partial charge in [0.15, 0.2) is 0 Å². The molecule has 0 fully saturated rings. The van der Waals surface area contributed by atoms with Crippen LogP contribution in [0.5, 0.6) is 0 Å². The van der Waals surface area contributed by atoms with Crippen LogP contribution in [0, 0.1) is 27.2 Å². The first-order chi connectivity index (χ1) is 9.97. The first-order valence-corrected chi connectivity index (χ1v) is 6.19. The first kappa shape index (κ1) is 14.4. The quantitative estimate of drug-likeness (QED) is 0.671. The van der Waals surface area contributed by atoms with Crippen LogP contribution in [0.25, 0.3) is 0 Å². The molecule has 2 aromatic rings. The van der Waals surface area contributed by atoms with Crippen molar-refractivity contribution in [3.05, 3.63) is 73.8 Å². The van der Waals surface area contributed by atoms with Crippen LogP contribution in [0.1, 0.15) is 11.1 Å². The van der Waals surface area contributed by atoms with E-state index in [0.29, 0.717) is 17.8 Å². The molecule has 0 heterocycles. The lowest BCUT2D eigenvalue weighted by atomic mass is 10.1. The summed E-state index contributed by atoms with van der Waals surface area (Å²) in [7, 11) is 0. The van der Waals surface area contributed by atoms with E-state index in [2.05, 4.69) is 5.32 Å². The Hall–Kier alpha value is -2.96. The molecule has 0 amide bonds. The topological polar surface area (TPSA) is 98.3 Å². The molecule has 0 aliphatic carbocycles. The number of nitrogens with one attached hydrogen (secondary N) is 1. The molecule has 2 aromatic carbocycles. The number of hydrogen-bond donors (Lipinski definition) is 1. The molecule has 0 saturated heterocycles. The highest BCUT2D eigenvalue weighted by molar-refractivity contribution is 5.52. The predicted octanol–water partition coefficient (Wildman–Crippen LogP) is 3.42. The summed E-state index contributed by atoms with van der Waals surface area (Å²) in [5.74, 6) is 0. The van der Waals surface area contributed by atoms with Crippen LogP contribution in [0.3, 0.4) is 0 Å². The van der Waals surface area contributed by atoms with E-state index in [9.17, 15) is 20.2 Å². The molecule has 0 radical (unpaired) electrons. The number of nitro groups is 2. The van der Waals surface area contributed by atoms with E-state index in [1.807, 2.05) is 0 Å². The number of nitrogens with zero attached hydrogens (tertiary/aromatic N) is 2. The van der Waals surface area contributed by atoms with E-state index < -0.39 is 9.85 Å². The van der Waals surface area contributed by atoms with Crippen molar-refractivity contribution in [1.82, 2.24) is 0 Å². The average Bonchev–Trinajstić information content (AvgIpc) is 2.46. The summed E-state index contributed by atoms with van der Waals surface area (Å²) in [6.45, 7) is 2.03. The highest BCUT2D eigenvalue weighted by Crippen LogP contribution is 2.21. The van der Waals surface area contributed by atoms with E-state index in [4.69, 9.17) is 0 Å². The van der Waals surface area contributed by atoms with E-state index in [0.717, 1.165) is 5.56 Å². The van der Waals surface area contributed by atoms with Gasteiger partial charge in [-0.05, 0) is 18.6 Å². The van der Waals surface area contributed by atoms with E-state index >= 15 is 0 Å². The van der Waals surface area contributed by atoms with Crippen LogP contribution in [-0.4, -0.2) is 9.85 Å². The smallest absolute Gasteiger partial charge is 0.272 e. The maximum atomic E-state index is 10.9. The van der Waals surface area contributed by atoms with Gasteiger partial charge >= 0.3 is 0 Å².